The number of rotatable bonds is 3. The van der Waals surface area contributed by atoms with Crippen LogP contribution >= 0.6 is 11.3 Å². The van der Waals surface area contributed by atoms with E-state index in [9.17, 15) is 0 Å². The molecule has 0 aliphatic heterocycles. The zero-order valence-corrected chi connectivity index (χ0v) is 18.2. The van der Waals surface area contributed by atoms with Crippen molar-refractivity contribution < 1.29 is 0 Å². The molecule has 0 aliphatic carbocycles. The van der Waals surface area contributed by atoms with Gasteiger partial charge in [-0.15, -0.1) is 11.3 Å². The Kier molecular flexibility index (Phi) is 4.47. The molecule has 0 fully saturated rings. The number of aryl methyl sites for hydroxylation is 1. The average molecular weight is 431 g/mol. The number of thiophene rings is 1. The Morgan fingerprint density at radius 3 is 2.19 bits per heavy atom. The van der Waals surface area contributed by atoms with E-state index in [2.05, 4.69) is 65.6 Å². The molecule has 0 spiro atoms. The van der Waals surface area contributed by atoms with Crippen LogP contribution in [0.4, 0.5) is 0 Å². The second-order valence-corrected chi connectivity index (χ2v) is 8.65. The minimum Gasteiger partial charge on any atom is -0.264 e. The summed E-state index contributed by atoms with van der Waals surface area (Å²) in [5.74, 6) is 2.07. The monoisotopic (exact) mass is 430 g/mol. The lowest BCUT2D eigenvalue weighted by Crippen LogP contribution is -2.00. The molecule has 0 unspecified atom stereocenters. The molecule has 152 valence electrons. The van der Waals surface area contributed by atoms with Crippen LogP contribution in [0.3, 0.4) is 0 Å². The van der Waals surface area contributed by atoms with Gasteiger partial charge in [0.05, 0.1) is 0 Å². The van der Waals surface area contributed by atoms with Crippen molar-refractivity contribution in [2.45, 2.75) is 6.92 Å². The fourth-order valence-electron chi connectivity index (χ4n) is 4.10. The number of hydrogen-bond donors (Lipinski definition) is 0. The van der Waals surface area contributed by atoms with Gasteiger partial charge >= 0.3 is 0 Å². The number of benzene rings is 3. The van der Waals surface area contributed by atoms with Crippen molar-refractivity contribution in [2.75, 3.05) is 0 Å². The van der Waals surface area contributed by atoms with Crippen molar-refractivity contribution in [3.63, 3.8) is 0 Å². The van der Waals surface area contributed by atoms with E-state index in [1.54, 1.807) is 17.5 Å². The van der Waals surface area contributed by atoms with Crippen LogP contribution in [-0.4, -0.2) is 19.9 Å². The van der Waals surface area contributed by atoms with E-state index in [0.717, 1.165) is 22.3 Å². The molecule has 0 amide bonds. The third-order valence-corrected chi connectivity index (χ3v) is 6.75. The highest BCUT2D eigenvalue weighted by molar-refractivity contribution is 7.26. The summed E-state index contributed by atoms with van der Waals surface area (Å²) in [6.45, 7) is 1.92. The minimum atomic E-state index is 0.671. The summed E-state index contributed by atoms with van der Waals surface area (Å²) in [6.07, 6.45) is 3.65. The van der Waals surface area contributed by atoms with Gasteiger partial charge < -0.3 is 0 Å². The van der Waals surface area contributed by atoms with Crippen molar-refractivity contribution in [1.82, 2.24) is 19.9 Å². The maximum Gasteiger partial charge on any atom is 0.165 e. The molecule has 3 heterocycles. The van der Waals surface area contributed by atoms with Gasteiger partial charge in [-0.05, 0) is 30.7 Å². The minimum absolute atomic E-state index is 0.671. The Balaban J connectivity index is 1.57. The largest absolute Gasteiger partial charge is 0.264 e. The number of aromatic nitrogens is 4. The van der Waals surface area contributed by atoms with Crippen LogP contribution in [0, 0.1) is 6.92 Å². The highest BCUT2D eigenvalue weighted by Crippen LogP contribution is 2.39. The quantitative estimate of drug-likeness (QED) is 0.305. The number of hydrogen-bond acceptors (Lipinski definition) is 5. The predicted molar refractivity (Wildman–Crippen MR) is 132 cm³/mol. The first-order valence-electron chi connectivity index (χ1n) is 10.4. The van der Waals surface area contributed by atoms with Crippen molar-refractivity contribution in [3.05, 3.63) is 97.1 Å². The van der Waals surface area contributed by atoms with Crippen molar-refractivity contribution in [2.24, 2.45) is 0 Å². The molecule has 0 aliphatic rings. The summed E-state index contributed by atoms with van der Waals surface area (Å²) < 4.78 is 2.47. The summed E-state index contributed by atoms with van der Waals surface area (Å²) in [4.78, 5) is 18.7. The standard InChI is InChI=1S/C27H18N4S/c1-17-29-26(22-11-3-2-9-19(22)18-8-7-15-28-16-18)31-27(30-17)23-13-6-12-21-20-10-4-5-14-24(20)32-25(21)23/h2-16H,1H3. The van der Waals surface area contributed by atoms with Gasteiger partial charge in [0.25, 0.3) is 0 Å². The smallest absolute Gasteiger partial charge is 0.165 e. The fourth-order valence-corrected chi connectivity index (χ4v) is 5.31. The van der Waals surface area contributed by atoms with Gasteiger partial charge in [-0.2, -0.15) is 0 Å². The molecule has 0 radical (unpaired) electrons. The van der Waals surface area contributed by atoms with Crippen LogP contribution < -0.4 is 0 Å². The van der Waals surface area contributed by atoms with Gasteiger partial charge in [-0.1, -0.05) is 60.7 Å². The molecule has 0 N–H and O–H groups in total. The van der Waals surface area contributed by atoms with Gasteiger partial charge in [-0.3, -0.25) is 4.98 Å². The molecule has 5 heteroatoms. The van der Waals surface area contributed by atoms with Crippen molar-refractivity contribution >= 4 is 31.5 Å². The third kappa shape index (κ3) is 3.15. The van der Waals surface area contributed by atoms with Crippen molar-refractivity contribution in [1.29, 1.82) is 0 Å². The van der Waals surface area contributed by atoms with E-state index in [-0.39, 0.29) is 0 Å². The van der Waals surface area contributed by atoms with Crippen LogP contribution in [0.15, 0.2) is 91.3 Å². The molecule has 0 atom stereocenters. The van der Waals surface area contributed by atoms with Gasteiger partial charge in [0, 0.05) is 49.3 Å². The number of fused-ring (bicyclic) bond motifs is 3. The Morgan fingerprint density at radius 2 is 1.34 bits per heavy atom. The number of nitrogens with zero attached hydrogens (tertiary/aromatic N) is 4. The highest BCUT2D eigenvalue weighted by atomic mass is 32.1. The normalized spacial score (nSPS) is 11.3. The maximum atomic E-state index is 4.94. The maximum absolute atomic E-state index is 4.94. The molecular weight excluding hydrogens is 412 g/mol. The van der Waals surface area contributed by atoms with E-state index in [1.807, 2.05) is 31.3 Å². The van der Waals surface area contributed by atoms with Gasteiger partial charge in [0.15, 0.2) is 11.6 Å². The van der Waals surface area contributed by atoms with Gasteiger partial charge in [-0.25, -0.2) is 15.0 Å². The summed E-state index contributed by atoms with van der Waals surface area (Å²) in [5.41, 5.74) is 4.09. The van der Waals surface area contributed by atoms with Crippen LogP contribution in [0.25, 0.3) is 54.1 Å². The summed E-state index contributed by atoms with van der Waals surface area (Å²) in [6, 6.07) is 27.0. The Hall–Kier alpha value is -3.96. The zero-order chi connectivity index (χ0) is 21.5. The number of pyridine rings is 1. The third-order valence-electron chi connectivity index (χ3n) is 5.53. The molecule has 0 saturated heterocycles. The Morgan fingerprint density at radius 1 is 0.625 bits per heavy atom. The second kappa shape index (κ2) is 7.62. The zero-order valence-electron chi connectivity index (χ0n) is 17.4. The summed E-state index contributed by atoms with van der Waals surface area (Å²) in [7, 11) is 0. The van der Waals surface area contributed by atoms with E-state index in [4.69, 9.17) is 15.0 Å². The SMILES string of the molecule is Cc1nc(-c2ccccc2-c2cccnc2)nc(-c2cccc3c2sc2ccccc23)n1. The first-order chi connectivity index (χ1) is 15.8. The molecule has 6 rings (SSSR count). The van der Waals surface area contributed by atoms with E-state index < -0.39 is 0 Å². The lowest BCUT2D eigenvalue weighted by Gasteiger charge is -2.10. The van der Waals surface area contributed by atoms with Crippen LogP contribution in [0.2, 0.25) is 0 Å². The van der Waals surface area contributed by atoms with Crippen molar-refractivity contribution in [3.8, 4) is 33.9 Å². The lowest BCUT2D eigenvalue weighted by molar-refractivity contribution is 0.994. The topological polar surface area (TPSA) is 51.6 Å². The molecule has 3 aromatic heterocycles. The predicted octanol–water partition coefficient (Wildman–Crippen LogP) is 6.94. The van der Waals surface area contributed by atoms with E-state index in [1.165, 1.54) is 20.2 Å². The van der Waals surface area contributed by atoms with Crippen LogP contribution in [-0.2, 0) is 0 Å². The van der Waals surface area contributed by atoms with Gasteiger partial charge in [0.2, 0.25) is 0 Å². The molecule has 4 nitrogen and oxygen atoms in total. The molecule has 3 aromatic carbocycles. The lowest BCUT2D eigenvalue weighted by atomic mass is 10.0. The molecule has 0 saturated carbocycles. The van der Waals surface area contributed by atoms with Crippen LogP contribution in [0.5, 0.6) is 0 Å². The Bertz CT molecular complexity index is 1590. The molecule has 32 heavy (non-hydrogen) atoms. The first-order valence-corrected chi connectivity index (χ1v) is 11.2. The first kappa shape index (κ1) is 18.8. The molecular formula is C27H18N4S. The second-order valence-electron chi connectivity index (χ2n) is 7.60. The fraction of sp³-hybridized carbons (Fsp3) is 0.0370. The van der Waals surface area contributed by atoms with Gasteiger partial charge in [0.1, 0.15) is 5.82 Å². The average Bonchev–Trinajstić information content (AvgIpc) is 3.23. The highest BCUT2D eigenvalue weighted by Gasteiger charge is 2.16. The van der Waals surface area contributed by atoms with Crippen LogP contribution in [0.1, 0.15) is 5.82 Å². The summed E-state index contributed by atoms with van der Waals surface area (Å²) in [5, 5.41) is 2.50. The Labute approximate surface area is 189 Å². The van der Waals surface area contributed by atoms with E-state index in [0.29, 0.717) is 17.5 Å². The summed E-state index contributed by atoms with van der Waals surface area (Å²) >= 11 is 1.78. The van der Waals surface area contributed by atoms with E-state index >= 15 is 0 Å². The molecule has 6 aromatic rings. The molecule has 0 bridgehead atoms.